The molecule has 0 bridgehead atoms. The quantitative estimate of drug-likeness (QED) is 0.754. The van der Waals surface area contributed by atoms with Crippen molar-refractivity contribution in [2.24, 2.45) is 5.92 Å². The number of thioether (sulfide) groups is 1. The van der Waals surface area contributed by atoms with Gasteiger partial charge in [-0.25, -0.2) is 4.98 Å². The van der Waals surface area contributed by atoms with Crippen molar-refractivity contribution in [3.8, 4) is 0 Å². The first-order chi connectivity index (χ1) is 9.75. The van der Waals surface area contributed by atoms with Crippen LogP contribution in [0.1, 0.15) is 30.7 Å². The lowest BCUT2D eigenvalue weighted by Gasteiger charge is -2.21. The van der Waals surface area contributed by atoms with E-state index < -0.39 is 0 Å². The molecule has 0 radical (unpaired) electrons. The van der Waals surface area contributed by atoms with Crippen LogP contribution in [0.25, 0.3) is 0 Å². The molecule has 1 amide bonds. The minimum absolute atomic E-state index is 0.150. The summed E-state index contributed by atoms with van der Waals surface area (Å²) < 4.78 is 5.38. The van der Waals surface area contributed by atoms with Crippen molar-refractivity contribution < 1.29 is 9.53 Å². The highest BCUT2D eigenvalue weighted by Crippen LogP contribution is 2.17. The number of aryl methyl sites for hydroxylation is 1. The summed E-state index contributed by atoms with van der Waals surface area (Å²) in [4.78, 5) is 19.1. The van der Waals surface area contributed by atoms with Crippen molar-refractivity contribution in [2.75, 3.05) is 25.5 Å². The maximum atomic E-state index is 11.8. The fourth-order valence-electron chi connectivity index (χ4n) is 2.27. The van der Waals surface area contributed by atoms with E-state index in [1.165, 1.54) is 0 Å². The minimum Gasteiger partial charge on any atom is -0.381 e. The Morgan fingerprint density at radius 2 is 2.55 bits per heavy atom. The van der Waals surface area contributed by atoms with Crippen molar-refractivity contribution in [3.05, 3.63) is 17.7 Å². The molecule has 0 aliphatic carbocycles. The number of imidazole rings is 1. The van der Waals surface area contributed by atoms with Crippen molar-refractivity contribution >= 4 is 17.7 Å². The Labute approximate surface area is 124 Å². The number of aromatic amines is 1. The zero-order chi connectivity index (χ0) is 14.2. The molecule has 1 atom stereocenters. The van der Waals surface area contributed by atoms with Gasteiger partial charge in [-0.3, -0.25) is 4.79 Å². The average molecular weight is 297 g/mol. The normalized spacial score (nSPS) is 18.9. The molecule has 0 saturated carbocycles. The van der Waals surface area contributed by atoms with E-state index in [9.17, 15) is 4.79 Å². The van der Waals surface area contributed by atoms with Crippen LogP contribution in [-0.2, 0) is 15.3 Å². The number of aromatic nitrogens is 2. The van der Waals surface area contributed by atoms with Gasteiger partial charge in [0.1, 0.15) is 0 Å². The Morgan fingerprint density at radius 3 is 3.25 bits per heavy atom. The number of nitrogens with one attached hydrogen (secondary N) is 2. The summed E-state index contributed by atoms with van der Waals surface area (Å²) in [5, 5.41) is 2.98. The number of rotatable bonds is 7. The lowest BCUT2D eigenvalue weighted by molar-refractivity contribution is -0.122. The lowest BCUT2D eigenvalue weighted by Crippen LogP contribution is -2.30. The molecular weight excluding hydrogens is 274 g/mol. The van der Waals surface area contributed by atoms with E-state index in [-0.39, 0.29) is 5.91 Å². The number of carbonyl (C=O) groups excluding carboxylic acids is 1. The number of carbonyl (C=O) groups is 1. The average Bonchev–Trinajstić information content (AvgIpc) is 2.85. The summed E-state index contributed by atoms with van der Waals surface area (Å²) >= 11 is 1.79. The van der Waals surface area contributed by atoms with E-state index >= 15 is 0 Å². The first-order valence-electron chi connectivity index (χ1n) is 7.16. The fraction of sp³-hybridized carbons (Fsp3) is 0.714. The third-order valence-corrected chi connectivity index (χ3v) is 4.44. The van der Waals surface area contributed by atoms with Gasteiger partial charge in [-0.1, -0.05) is 0 Å². The van der Waals surface area contributed by atoms with Crippen molar-refractivity contribution in [1.82, 2.24) is 15.3 Å². The van der Waals surface area contributed by atoms with E-state index in [1.54, 1.807) is 18.1 Å². The molecule has 2 rings (SSSR count). The molecule has 6 heteroatoms. The molecule has 20 heavy (non-hydrogen) atoms. The first kappa shape index (κ1) is 15.4. The third kappa shape index (κ3) is 5.17. The summed E-state index contributed by atoms with van der Waals surface area (Å²) in [6.45, 7) is 4.33. The predicted octanol–water partition coefficient (Wildman–Crippen LogP) is 1.88. The molecule has 1 aliphatic rings. The van der Waals surface area contributed by atoms with Crippen LogP contribution in [0.3, 0.4) is 0 Å². The highest BCUT2D eigenvalue weighted by atomic mass is 32.2. The molecule has 0 spiro atoms. The largest absolute Gasteiger partial charge is 0.381 e. The highest BCUT2D eigenvalue weighted by Gasteiger charge is 2.17. The molecule has 1 aromatic heterocycles. The van der Waals surface area contributed by atoms with Crippen LogP contribution >= 0.6 is 11.8 Å². The van der Waals surface area contributed by atoms with Crippen LogP contribution < -0.4 is 5.32 Å². The Bertz CT molecular complexity index is 416. The topological polar surface area (TPSA) is 67.0 Å². The Morgan fingerprint density at radius 1 is 1.65 bits per heavy atom. The van der Waals surface area contributed by atoms with Crippen LogP contribution in [0.4, 0.5) is 0 Å². The SMILES string of the molecule is Cc1[nH]cnc1CSCCNC(=O)C[C@H]1CCCOC1. The van der Waals surface area contributed by atoms with Crippen LogP contribution in [0, 0.1) is 12.8 Å². The molecule has 1 saturated heterocycles. The molecule has 1 aromatic rings. The molecule has 2 N–H and O–H groups in total. The standard InChI is InChI=1S/C14H23N3O2S/c1-11-13(17-10-16-11)9-20-6-4-15-14(18)7-12-3-2-5-19-8-12/h10,12H,2-9H2,1H3,(H,15,18)(H,16,17)/t12-/m1/s1. The lowest BCUT2D eigenvalue weighted by atomic mass is 9.98. The summed E-state index contributed by atoms with van der Waals surface area (Å²) in [7, 11) is 0. The summed E-state index contributed by atoms with van der Waals surface area (Å²) in [6.07, 6.45) is 4.51. The zero-order valence-electron chi connectivity index (χ0n) is 12.0. The second-order valence-electron chi connectivity index (χ2n) is 5.16. The minimum atomic E-state index is 0.150. The fourth-order valence-corrected chi connectivity index (χ4v) is 3.14. The number of amides is 1. The van der Waals surface area contributed by atoms with E-state index in [1.807, 2.05) is 6.92 Å². The van der Waals surface area contributed by atoms with Gasteiger partial charge in [0.05, 0.1) is 12.0 Å². The number of nitrogens with zero attached hydrogens (tertiary/aromatic N) is 1. The van der Waals surface area contributed by atoms with Gasteiger partial charge in [-0.2, -0.15) is 11.8 Å². The number of H-pyrrole nitrogens is 1. The Balaban J connectivity index is 1.52. The smallest absolute Gasteiger partial charge is 0.220 e. The molecule has 0 aromatic carbocycles. The second-order valence-corrected chi connectivity index (χ2v) is 6.27. The van der Waals surface area contributed by atoms with E-state index in [0.717, 1.165) is 55.5 Å². The van der Waals surface area contributed by atoms with Gasteiger partial charge in [-0.15, -0.1) is 0 Å². The van der Waals surface area contributed by atoms with Crippen LogP contribution in [0.2, 0.25) is 0 Å². The Hall–Kier alpha value is -1.01. The molecule has 5 nitrogen and oxygen atoms in total. The third-order valence-electron chi connectivity index (χ3n) is 3.47. The number of ether oxygens (including phenoxy) is 1. The molecule has 0 unspecified atom stereocenters. The maximum Gasteiger partial charge on any atom is 0.220 e. The van der Waals surface area contributed by atoms with Crippen LogP contribution in [0.5, 0.6) is 0 Å². The van der Waals surface area contributed by atoms with Gasteiger partial charge in [0.25, 0.3) is 0 Å². The monoisotopic (exact) mass is 297 g/mol. The number of hydrogen-bond donors (Lipinski definition) is 2. The summed E-state index contributed by atoms with van der Waals surface area (Å²) in [5.41, 5.74) is 2.22. The summed E-state index contributed by atoms with van der Waals surface area (Å²) in [6, 6.07) is 0. The van der Waals surface area contributed by atoms with Gasteiger partial charge >= 0.3 is 0 Å². The van der Waals surface area contributed by atoms with Crippen LogP contribution in [-0.4, -0.2) is 41.4 Å². The van der Waals surface area contributed by atoms with Gasteiger partial charge in [0, 0.05) is 43.4 Å². The van der Waals surface area contributed by atoms with Crippen molar-refractivity contribution in [2.45, 2.75) is 31.9 Å². The van der Waals surface area contributed by atoms with Gasteiger partial charge in [-0.05, 0) is 25.7 Å². The second kappa shape index (κ2) is 8.32. The molecule has 2 heterocycles. The van der Waals surface area contributed by atoms with Gasteiger partial charge in [0.2, 0.25) is 5.91 Å². The first-order valence-corrected chi connectivity index (χ1v) is 8.32. The summed E-state index contributed by atoms with van der Waals surface area (Å²) in [5.74, 6) is 2.36. The van der Waals surface area contributed by atoms with Crippen molar-refractivity contribution in [3.63, 3.8) is 0 Å². The Kier molecular flexibility index (Phi) is 6.39. The van der Waals surface area contributed by atoms with Gasteiger partial charge < -0.3 is 15.0 Å². The molecule has 1 aliphatic heterocycles. The number of hydrogen-bond acceptors (Lipinski definition) is 4. The zero-order valence-corrected chi connectivity index (χ0v) is 12.8. The predicted molar refractivity (Wildman–Crippen MR) is 80.7 cm³/mol. The van der Waals surface area contributed by atoms with E-state index in [4.69, 9.17) is 4.74 Å². The van der Waals surface area contributed by atoms with E-state index in [0.29, 0.717) is 12.3 Å². The molecule has 1 fully saturated rings. The van der Waals surface area contributed by atoms with Gasteiger partial charge in [0.15, 0.2) is 0 Å². The maximum absolute atomic E-state index is 11.8. The van der Waals surface area contributed by atoms with Crippen molar-refractivity contribution in [1.29, 1.82) is 0 Å². The molecular formula is C14H23N3O2S. The highest BCUT2D eigenvalue weighted by molar-refractivity contribution is 7.98. The van der Waals surface area contributed by atoms with Crippen LogP contribution in [0.15, 0.2) is 6.33 Å². The van der Waals surface area contributed by atoms with E-state index in [2.05, 4.69) is 15.3 Å². The molecule has 112 valence electrons.